The van der Waals surface area contributed by atoms with Gasteiger partial charge in [-0.2, -0.15) is 18.3 Å². The molecule has 0 aliphatic carbocycles. The van der Waals surface area contributed by atoms with Crippen molar-refractivity contribution in [3.63, 3.8) is 0 Å². The van der Waals surface area contributed by atoms with E-state index in [1.807, 2.05) is 0 Å². The van der Waals surface area contributed by atoms with Crippen LogP contribution in [0.1, 0.15) is 28.4 Å². The van der Waals surface area contributed by atoms with Crippen LogP contribution in [0.2, 0.25) is 0 Å². The van der Waals surface area contributed by atoms with Gasteiger partial charge in [-0.1, -0.05) is 6.07 Å². The average Bonchev–Trinajstić information content (AvgIpc) is 2.73. The molecule has 0 bridgehead atoms. The zero-order valence-corrected chi connectivity index (χ0v) is 10.4. The number of alkyl halides is 3. The van der Waals surface area contributed by atoms with E-state index in [0.717, 1.165) is 12.1 Å². The Morgan fingerprint density at radius 3 is 2.47 bits per heavy atom. The zero-order valence-electron chi connectivity index (χ0n) is 10.4. The summed E-state index contributed by atoms with van der Waals surface area (Å²) < 4.78 is 39.2. The number of benzene rings is 1. The summed E-state index contributed by atoms with van der Waals surface area (Å²) in [6.45, 7) is 1.55. The van der Waals surface area contributed by atoms with E-state index in [1.54, 1.807) is 20.2 Å². The molecule has 2 aromatic rings. The number of halogens is 3. The van der Waals surface area contributed by atoms with Gasteiger partial charge in [0, 0.05) is 18.8 Å². The largest absolute Gasteiger partial charge is 0.416 e. The number of aliphatic hydroxyl groups excluding tert-OH is 1. The fourth-order valence-electron chi connectivity index (χ4n) is 1.92. The van der Waals surface area contributed by atoms with E-state index in [2.05, 4.69) is 5.10 Å². The van der Waals surface area contributed by atoms with Gasteiger partial charge in [0.2, 0.25) is 0 Å². The van der Waals surface area contributed by atoms with Gasteiger partial charge < -0.3 is 5.11 Å². The fourth-order valence-corrected chi connectivity index (χ4v) is 1.92. The normalized spacial score (nSPS) is 13.6. The van der Waals surface area contributed by atoms with Crippen LogP contribution in [0.25, 0.3) is 0 Å². The van der Waals surface area contributed by atoms with Crippen molar-refractivity contribution in [1.82, 2.24) is 9.78 Å². The lowest BCUT2D eigenvalue weighted by molar-refractivity contribution is -0.137. The molecular weight excluding hydrogens is 257 g/mol. The third-order valence-corrected chi connectivity index (χ3v) is 2.93. The molecule has 2 rings (SSSR count). The Kier molecular flexibility index (Phi) is 3.36. The Balaban J connectivity index is 2.36. The second-order valence-corrected chi connectivity index (χ2v) is 4.42. The van der Waals surface area contributed by atoms with Gasteiger partial charge in [-0.05, 0) is 30.2 Å². The highest BCUT2D eigenvalue weighted by Gasteiger charge is 2.31. The van der Waals surface area contributed by atoms with Crippen molar-refractivity contribution in [3.8, 4) is 0 Å². The van der Waals surface area contributed by atoms with Crippen molar-refractivity contribution < 1.29 is 18.3 Å². The van der Waals surface area contributed by atoms with Gasteiger partial charge in [-0.15, -0.1) is 0 Å². The molecule has 0 spiro atoms. The number of hydrogen-bond donors (Lipinski definition) is 1. The predicted molar refractivity (Wildman–Crippen MR) is 63.5 cm³/mol. The molecule has 0 saturated heterocycles. The van der Waals surface area contributed by atoms with Crippen LogP contribution in [0.5, 0.6) is 0 Å². The fraction of sp³-hybridized carbons (Fsp3) is 0.308. The maximum absolute atomic E-state index is 12.6. The van der Waals surface area contributed by atoms with Crippen LogP contribution < -0.4 is 0 Å². The summed E-state index contributed by atoms with van der Waals surface area (Å²) in [6, 6.07) is 3.31. The molecule has 1 atom stereocenters. The molecule has 102 valence electrons. The van der Waals surface area contributed by atoms with E-state index < -0.39 is 17.8 Å². The molecule has 19 heavy (non-hydrogen) atoms. The van der Waals surface area contributed by atoms with E-state index in [1.165, 1.54) is 16.9 Å². The Labute approximate surface area is 108 Å². The van der Waals surface area contributed by atoms with Crippen molar-refractivity contribution in [2.75, 3.05) is 0 Å². The summed E-state index contributed by atoms with van der Waals surface area (Å²) in [6.07, 6.45) is -2.23. The van der Waals surface area contributed by atoms with Crippen LogP contribution in [0, 0.1) is 6.92 Å². The average molecular weight is 270 g/mol. The molecule has 1 unspecified atom stereocenters. The highest BCUT2D eigenvalue weighted by molar-refractivity contribution is 5.37. The van der Waals surface area contributed by atoms with Gasteiger partial charge in [0.15, 0.2) is 0 Å². The van der Waals surface area contributed by atoms with Crippen molar-refractivity contribution in [2.45, 2.75) is 19.2 Å². The van der Waals surface area contributed by atoms with E-state index >= 15 is 0 Å². The molecule has 6 heteroatoms. The molecule has 3 nitrogen and oxygen atoms in total. The summed E-state index contributed by atoms with van der Waals surface area (Å²) in [5.41, 5.74) is 0.671. The zero-order chi connectivity index (χ0) is 14.2. The molecule has 0 radical (unpaired) electrons. The monoisotopic (exact) mass is 270 g/mol. The van der Waals surface area contributed by atoms with Crippen molar-refractivity contribution in [3.05, 3.63) is 52.8 Å². The standard InChI is InChI=1S/C13H13F3N2O/c1-8-5-10(13(14,15)16)3-4-11(8)12(19)9-6-17-18(2)7-9/h3-7,12,19H,1-2H3. The molecule has 1 aromatic carbocycles. The number of aromatic nitrogens is 2. The minimum absolute atomic E-state index is 0.395. The van der Waals surface area contributed by atoms with E-state index in [0.29, 0.717) is 16.7 Å². The van der Waals surface area contributed by atoms with Gasteiger partial charge in [-0.3, -0.25) is 4.68 Å². The summed E-state index contributed by atoms with van der Waals surface area (Å²) in [5, 5.41) is 14.1. The number of rotatable bonds is 2. The predicted octanol–water partition coefficient (Wildman–Crippen LogP) is 2.83. The summed E-state index contributed by atoms with van der Waals surface area (Å²) in [4.78, 5) is 0. The highest BCUT2D eigenvalue weighted by atomic mass is 19.4. The summed E-state index contributed by atoms with van der Waals surface area (Å²) in [7, 11) is 1.70. The minimum Gasteiger partial charge on any atom is -0.384 e. The van der Waals surface area contributed by atoms with Crippen LogP contribution in [0.4, 0.5) is 13.2 Å². The molecular formula is C13H13F3N2O. The molecule has 0 aliphatic rings. The number of nitrogens with zero attached hydrogens (tertiary/aromatic N) is 2. The van der Waals surface area contributed by atoms with Gasteiger partial charge in [0.05, 0.1) is 11.8 Å². The Bertz CT molecular complexity index is 590. The van der Waals surface area contributed by atoms with Crippen LogP contribution in [-0.2, 0) is 13.2 Å². The van der Waals surface area contributed by atoms with E-state index in [9.17, 15) is 18.3 Å². The molecule has 1 aromatic heterocycles. The van der Waals surface area contributed by atoms with Crippen molar-refractivity contribution in [1.29, 1.82) is 0 Å². The second-order valence-electron chi connectivity index (χ2n) is 4.42. The smallest absolute Gasteiger partial charge is 0.384 e. The first-order valence-corrected chi connectivity index (χ1v) is 5.63. The maximum Gasteiger partial charge on any atom is 0.416 e. The van der Waals surface area contributed by atoms with Crippen LogP contribution >= 0.6 is 0 Å². The maximum atomic E-state index is 12.6. The number of hydrogen-bond acceptors (Lipinski definition) is 2. The van der Waals surface area contributed by atoms with Crippen LogP contribution in [0.3, 0.4) is 0 Å². The molecule has 1 N–H and O–H groups in total. The topological polar surface area (TPSA) is 38.1 Å². The summed E-state index contributed by atoms with van der Waals surface area (Å²) in [5.74, 6) is 0. The number of aryl methyl sites for hydroxylation is 2. The quantitative estimate of drug-likeness (QED) is 0.911. The number of aliphatic hydroxyl groups is 1. The first-order chi connectivity index (χ1) is 8.79. The van der Waals surface area contributed by atoms with E-state index in [-0.39, 0.29) is 0 Å². The Morgan fingerprint density at radius 1 is 1.32 bits per heavy atom. The lowest BCUT2D eigenvalue weighted by Gasteiger charge is -2.14. The molecule has 0 fully saturated rings. The first-order valence-electron chi connectivity index (χ1n) is 5.63. The van der Waals surface area contributed by atoms with Crippen molar-refractivity contribution in [2.24, 2.45) is 7.05 Å². The van der Waals surface area contributed by atoms with Crippen LogP contribution in [-0.4, -0.2) is 14.9 Å². The third kappa shape index (κ3) is 2.78. The molecule has 1 heterocycles. The molecule has 0 amide bonds. The van der Waals surface area contributed by atoms with Crippen molar-refractivity contribution >= 4 is 0 Å². The third-order valence-electron chi connectivity index (χ3n) is 2.93. The first kappa shape index (κ1) is 13.6. The summed E-state index contributed by atoms with van der Waals surface area (Å²) >= 11 is 0. The lowest BCUT2D eigenvalue weighted by Crippen LogP contribution is -2.08. The van der Waals surface area contributed by atoms with Gasteiger partial charge >= 0.3 is 6.18 Å². The Hall–Kier alpha value is -1.82. The second kappa shape index (κ2) is 4.70. The highest BCUT2D eigenvalue weighted by Crippen LogP contribution is 2.32. The lowest BCUT2D eigenvalue weighted by atomic mass is 9.97. The van der Waals surface area contributed by atoms with Gasteiger partial charge in [0.1, 0.15) is 6.10 Å². The van der Waals surface area contributed by atoms with Gasteiger partial charge in [-0.25, -0.2) is 0 Å². The minimum atomic E-state index is -4.37. The van der Waals surface area contributed by atoms with E-state index in [4.69, 9.17) is 0 Å². The van der Waals surface area contributed by atoms with Crippen LogP contribution in [0.15, 0.2) is 30.6 Å². The molecule has 0 aliphatic heterocycles. The van der Waals surface area contributed by atoms with Gasteiger partial charge in [0.25, 0.3) is 0 Å². The Morgan fingerprint density at radius 2 is 2.00 bits per heavy atom. The molecule has 0 saturated carbocycles. The SMILES string of the molecule is Cc1cc(C(F)(F)F)ccc1C(O)c1cnn(C)c1.